The van der Waals surface area contributed by atoms with E-state index in [9.17, 15) is 20.1 Å². The zero-order valence-electron chi connectivity index (χ0n) is 28.3. The third-order valence-corrected chi connectivity index (χ3v) is 9.42. The molecule has 0 heterocycles. The highest BCUT2D eigenvalue weighted by atomic mass is 32.2. The number of carbonyl (C=O) groups is 1. The summed E-state index contributed by atoms with van der Waals surface area (Å²) in [6.45, 7) is 6.17. The second-order valence-corrected chi connectivity index (χ2v) is 13.6. The molecule has 11 nitrogen and oxygen atoms in total. The first-order valence-corrected chi connectivity index (χ1v) is 19.3. The fourth-order valence-electron chi connectivity index (χ4n) is 4.65. The number of nitrogens with one attached hydrogen (secondary N) is 2. The van der Waals surface area contributed by atoms with Gasteiger partial charge in [-0.3, -0.25) is 4.79 Å². The van der Waals surface area contributed by atoms with Crippen LogP contribution < -0.4 is 10.6 Å². The first-order valence-electron chi connectivity index (χ1n) is 17.0. The predicted octanol–water partition coefficient (Wildman–Crippen LogP) is 2.05. The Morgan fingerprint density at radius 1 is 0.745 bits per heavy atom. The maximum Gasteiger partial charge on any atom is 0.306 e. The molecule has 276 valence electrons. The monoisotopic (exact) mass is 708 g/mol. The molecule has 0 bridgehead atoms. The molecule has 0 aromatic rings. The number of ether oxygens (including phenoxy) is 2. The highest BCUT2D eigenvalue weighted by Gasteiger charge is 2.20. The Morgan fingerprint density at radius 2 is 1.38 bits per heavy atom. The van der Waals surface area contributed by atoms with Crippen LogP contribution in [0, 0.1) is 5.92 Å². The Labute approximate surface area is 291 Å². The third-order valence-electron chi connectivity index (χ3n) is 7.37. The summed E-state index contributed by atoms with van der Waals surface area (Å²) in [6.07, 6.45) is 14.8. The molecule has 0 amide bonds. The molecule has 0 rings (SSSR count). The maximum atomic E-state index is 11.4. The summed E-state index contributed by atoms with van der Waals surface area (Å²) < 4.78 is 10.1. The van der Waals surface area contributed by atoms with Crippen molar-refractivity contribution in [3.63, 3.8) is 0 Å². The van der Waals surface area contributed by atoms with E-state index in [1.807, 2.05) is 23.9 Å². The van der Waals surface area contributed by atoms with Gasteiger partial charge in [-0.1, -0.05) is 30.4 Å². The van der Waals surface area contributed by atoms with Gasteiger partial charge >= 0.3 is 5.97 Å². The van der Waals surface area contributed by atoms with Crippen molar-refractivity contribution < 1.29 is 44.9 Å². The molecule has 5 atom stereocenters. The molecule has 0 aromatic heterocycles. The second kappa shape index (κ2) is 34.9. The van der Waals surface area contributed by atoms with Crippen molar-refractivity contribution in [2.45, 2.75) is 82.1 Å². The topological polar surface area (TPSA) is 181 Å². The van der Waals surface area contributed by atoms with Crippen LogP contribution in [-0.2, 0) is 14.3 Å². The van der Waals surface area contributed by atoms with Gasteiger partial charge in [-0.05, 0) is 63.0 Å². The number of thioether (sulfide) groups is 2. The highest BCUT2D eigenvalue weighted by molar-refractivity contribution is 7.99. The molecular weight excluding hydrogens is 645 g/mol. The van der Waals surface area contributed by atoms with Crippen LogP contribution in [0.2, 0.25) is 0 Å². The van der Waals surface area contributed by atoms with E-state index in [0.29, 0.717) is 51.2 Å². The fourth-order valence-corrected chi connectivity index (χ4v) is 6.22. The van der Waals surface area contributed by atoms with E-state index >= 15 is 0 Å². The van der Waals surface area contributed by atoms with Gasteiger partial charge in [0, 0.05) is 43.0 Å². The highest BCUT2D eigenvalue weighted by Crippen LogP contribution is 2.19. The molecule has 0 aromatic carbocycles. The van der Waals surface area contributed by atoms with Crippen molar-refractivity contribution in [3.8, 4) is 0 Å². The van der Waals surface area contributed by atoms with E-state index in [-0.39, 0.29) is 57.4 Å². The van der Waals surface area contributed by atoms with Gasteiger partial charge in [-0.25, -0.2) is 0 Å². The van der Waals surface area contributed by atoms with Gasteiger partial charge in [0.2, 0.25) is 0 Å². The normalized spacial score (nSPS) is 15.2. The first kappa shape index (κ1) is 46.0. The van der Waals surface area contributed by atoms with E-state index in [2.05, 4.69) is 29.4 Å². The molecule has 0 spiro atoms. The fraction of sp³-hybridized carbons (Fsp3) is 0.794. The minimum atomic E-state index is -0.684. The van der Waals surface area contributed by atoms with E-state index in [1.54, 1.807) is 17.8 Å². The lowest BCUT2D eigenvalue weighted by molar-refractivity contribution is -0.144. The Kier molecular flexibility index (Phi) is 34.2. The lowest BCUT2D eigenvalue weighted by Crippen LogP contribution is -2.43. The van der Waals surface area contributed by atoms with Crippen molar-refractivity contribution in [3.05, 3.63) is 37.0 Å². The molecule has 0 aliphatic heterocycles. The zero-order chi connectivity index (χ0) is 34.8. The molecule has 0 aliphatic rings. The van der Waals surface area contributed by atoms with Crippen molar-refractivity contribution in [1.29, 1.82) is 0 Å². The summed E-state index contributed by atoms with van der Waals surface area (Å²) in [7, 11) is 0. The van der Waals surface area contributed by atoms with Gasteiger partial charge in [0.15, 0.2) is 0 Å². The van der Waals surface area contributed by atoms with E-state index in [0.717, 1.165) is 49.5 Å². The quantitative estimate of drug-likeness (QED) is 0.0273. The maximum absolute atomic E-state index is 11.4. The van der Waals surface area contributed by atoms with Gasteiger partial charge in [0.25, 0.3) is 0 Å². The van der Waals surface area contributed by atoms with Crippen LogP contribution in [0.25, 0.3) is 0 Å². The van der Waals surface area contributed by atoms with Crippen LogP contribution in [0.1, 0.15) is 57.8 Å². The first-order chi connectivity index (χ1) is 22.9. The van der Waals surface area contributed by atoms with Crippen LogP contribution in [0.3, 0.4) is 0 Å². The Hall–Kier alpha value is -0.970. The molecule has 13 heteroatoms. The number of hydrogen-bond donors (Lipinski definition) is 8. The Morgan fingerprint density at radius 3 is 2.02 bits per heavy atom. The van der Waals surface area contributed by atoms with Crippen molar-refractivity contribution in [2.24, 2.45) is 5.92 Å². The van der Waals surface area contributed by atoms with Gasteiger partial charge in [-0.2, -0.15) is 23.5 Å². The standard InChI is InChI=1S/C34H64N2O9S2/c1-2-29(10-5-3-6-12-33(42)31(28-40)36-17-27-47-25-15-34(43)45-23-20-39)13-14-30(32(41)11-7-4-8-18-37)35-16-26-46-24-9-21-44-22-19-38/h2-5,8,29-33,35-42H,1,6-7,9-28H2/b5-3+,8-4+. The number of esters is 1. The zero-order valence-corrected chi connectivity index (χ0v) is 29.9. The Balaban J connectivity index is 4.47. The number of aliphatic hydroxyl groups excluding tert-OH is 6. The van der Waals surface area contributed by atoms with Gasteiger partial charge in [-0.15, -0.1) is 6.58 Å². The molecular formula is C34H64N2O9S2. The van der Waals surface area contributed by atoms with Crippen molar-refractivity contribution >= 4 is 29.5 Å². The van der Waals surface area contributed by atoms with E-state index < -0.39 is 18.2 Å². The average molecular weight is 709 g/mol. The molecule has 0 aliphatic carbocycles. The third kappa shape index (κ3) is 28.6. The number of aliphatic hydroxyl groups is 6. The largest absolute Gasteiger partial charge is 0.463 e. The summed E-state index contributed by atoms with van der Waals surface area (Å²) >= 11 is 3.42. The van der Waals surface area contributed by atoms with Crippen LogP contribution in [0.15, 0.2) is 37.0 Å². The molecule has 8 N–H and O–H groups in total. The van der Waals surface area contributed by atoms with E-state index in [1.165, 1.54) is 0 Å². The predicted molar refractivity (Wildman–Crippen MR) is 194 cm³/mol. The molecule has 0 radical (unpaired) electrons. The average Bonchev–Trinajstić information content (AvgIpc) is 3.07. The molecule has 0 saturated heterocycles. The molecule has 0 fully saturated rings. The van der Waals surface area contributed by atoms with Crippen LogP contribution >= 0.6 is 23.5 Å². The van der Waals surface area contributed by atoms with Gasteiger partial charge in [0.05, 0.1) is 57.7 Å². The van der Waals surface area contributed by atoms with Gasteiger partial charge in [0.1, 0.15) is 6.61 Å². The minimum Gasteiger partial charge on any atom is -0.463 e. The van der Waals surface area contributed by atoms with Crippen molar-refractivity contribution in [2.75, 3.05) is 82.3 Å². The lowest BCUT2D eigenvalue weighted by atomic mass is 9.93. The van der Waals surface area contributed by atoms with E-state index in [4.69, 9.17) is 24.8 Å². The summed E-state index contributed by atoms with van der Waals surface area (Å²) in [6, 6.07) is -0.457. The Bertz CT molecular complexity index is 780. The van der Waals surface area contributed by atoms with Crippen LogP contribution in [0.5, 0.6) is 0 Å². The number of hydrogen-bond acceptors (Lipinski definition) is 13. The van der Waals surface area contributed by atoms with Crippen molar-refractivity contribution in [1.82, 2.24) is 10.6 Å². The number of rotatable bonds is 35. The SMILES string of the molecule is C=CC(C/C=C/CCC(O)C(CO)NCCSCCC(=O)OCCO)CCC(NCCSCCCOCCO)C(O)CC/C=C/CO. The summed E-state index contributed by atoms with van der Waals surface area (Å²) in [5, 5.41) is 64.3. The summed E-state index contributed by atoms with van der Waals surface area (Å²) in [5.74, 6) is 3.19. The molecule has 47 heavy (non-hydrogen) atoms. The van der Waals surface area contributed by atoms with Crippen LogP contribution in [-0.4, -0.2) is 143 Å². The summed E-state index contributed by atoms with van der Waals surface area (Å²) in [5.41, 5.74) is 0. The van der Waals surface area contributed by atoms with Crippen LogP contribution in [0.4, 0.5) is 0 Å². The van der Waals surface area contributed by atoms with Gasteiger partial charge < -0.3 is 50.7 Å². The smallest absolute Gasteiger partial charge is 0.306 e. The minimum absolute atomic E-state index is 0.00149. The molecule has 0 saturated carbocycles. The summed E-state index contributed by atoms with van der Waals surface area (Å²) in [4.78, 5) is 11.4. The second-order valence-electron chi connectivity index (χ2n) is 11.1. The number of allylic oxidation sites excluding steroid dienone is 4. The molecule has 5 unspecified atom stereocenters. The number of carbonyl (C=O) groups excluding carboxylic acids is 1. The lowest BCUT2D eigenvalue weighted by Gasteiger charge is -2.25.